The van der Waals surface area contributed by atoms with Crippen molar-refractivity contribution in [3.63, 3.8) is 0 Å². The van der Waals surface area contributed by atoms with Crippen molar-refractivity contribution in [3.8, 4) is 0 Å². The molecule has 1 aromatic carbocycles. The lowest BCUT2D eigenvalue weighted by Crippen LogP contribution is -1.90. The minimum absolute atomic E-state index is 0.00188. The maximum Gasteiger partial charge on any atom is 0.307 e. The van der Waals surface area contributed by atoms with E-state index in [-0.39, 0.29) is 12.2 Å². The number of unbranched alkanes of at least 4 members (excludes halogenated alkanes) is 2. The average molecular weight is 276 g/mol. The predicted octanol–water partition coefficient (Wildman–Crippen LogP) is 4.82. The zero-order chi connectivity index (χ0) is 14.8. The Bertz CT molecular complexity index is 490. The highest BCUT2D eigenvalue weighted by molar-refractivity contribution is 5.70. The summed E-state index contributed by atoms with van der Waals surface area (Å²) in [6, 6.07) is 6.52. The average Bonchev–Trinajstić information content (AvgIpc) is 2.41. The SMILES string of the molecule is CCCCC/C(=C\C=C\CC(=O)O)c1cccc(F)c1. The van der Waals surface area contributed by atoms with Crippen LogP contribution in [0.4, 0.5) is 4.39 Å². The smallest absolute Gasteiger partial charge is 0.307 e. The first-order chi connectivity index (χ1) is 9.63. The van der Waals surface area contributed by atoms with Crippen LogP contribution < -0.4 is 0 Å². The molecule has 0 atom stereocenters. The van der Waals surface area contributed by atoms with Crippen molar-refractivity contribution in [2.24, 2.45) is 0 Å². The molecule has 3 heteroatoms. The third-order valence-corrected chi connectivity index (χ3v) is 2.97. The summed E-state index contributed by atoms with van der Waals surface area (Å²) >= 11 is 0. The summed E-state index contributed by atoms with van der Waals surface area (Å²) in [7, 11) is 0. The summed E-state index contributed by atoms with van der Waals surface area (Å²) in [6.45, 7) is 2.14. The van der Waals surface area contributed by atoms with E-state index in [9.17, 15) is 9.18 Å². The number of halogens is 1. The molecule has 0 aliphatic carbocycles. The van der Waals surface area contributed by atoms with E-state index >= 15 is 0 Å². The summed E-state index contributed by atoms with van der Waals surface area (Å²) in [5.74, 6) is -1.11. The molecule has 0 saturated carbocycles. The number of carbonyl (C=O) groups is 1. The highest BCUT2D eigenvalue weighted by atomic mass is 19.1. The molecule has 1 aromatic rings. The first-order valence-electron chi connectivity index (χ1n) is 6.97. The summed E-state index contributed by atoms with van der Waals surface area (Å²) in [5.41, 5.74) is 1.90. The zero-order valence-corrected chi connectivity index (χ0v) is 11.8. The molecule has 108 valence electrons. The van der Waals surface area contributed by atoms with E-state index < -0.39 is 5.97 Å². The quantitative estimate of drug-likeness (QED) is 0.546. The Hall–Kier alpha value is -1.90. The topological polar surface area (TPSA) is 37.3 Å². The summed E-state index contributed by atoms with van der Waals surface area (Å²) in [6.07, 6.45) is 9.40. The minimum Gasteiger partial charge on any atom is -0.481 e. The number of rotatable bonds is 8. The van der Waals surface area contributed by atoms with Gasteiger partial charge in [-0.2, -0.15) is 0 Å². The van der Waals surface area contributed by atoms with Gasteiger partial charge in [0.05, 0.1) is 6.42 Å². The molecule has 0 amide bonds. The van der Waals surface area contributed by atoms with Crippen LogP contribution in [-0.4, -0.2) is 11.1 Å². The van der Waals surface area contributed by atoms with Crippen molar-refractivity contribution in [2.75, 3.05) is 0 Å². The number of benzene rings is 1. The summed E-state index contributed by atoms with van der Waals surface area (Å²) in [4.78, 5) is 10.4. The molecule has 1 rings (SSSR count). The highest BCUT2D eigenvalue weighted by Gasteiger charge is 2.02. The molecule has 0 aromatic heterocycles. The lowest BCUT2D eigenvalue weighted by atomic mass is 9.99. The lowest BCUT2D eigenvalue weighted by Gasteiger charge is -2.07. The maximum atomic E-state index is 13.3. The van der Waals surface area contributed by atoms with Gasteiger partial charge in [0, 0.05) is 0 Å². The van der Waals surface area contributed by atoms with Gasteiger partial charge in [-0.25, -0.2) is 4.39 Å². The highest BCUT2D eigenvalue weighted by Crippen LogP contribution is 2.22. The van der Waals surface area contributed by atoms with Crippen LogP contribution in [0.15, 0.2) is 42.5 Å². The molecule has 0 spiro atoms. The molecule has 0 fully saturated rings. The molecule has 20 heavy (non-hydrogen) atoms. The first kappa shape index (κ1) is 16.2. The third kappa shape index (κ3) is 6.32. The fraction of sp³-hybridized carbons (Fsp3) is 0.353. The number of allylic oxidation sites excluding steroid dienone is 3. The normalized spacial score (nSPS) is 12.0. The van der Waals surface area contributed by atoms with E-state index in [1.807, 2.05) is 12.1 Å². The van der Waals surface area contributed by atoms with Gasteiger partial charge >= 0.3 is 5.97 Å². The lowest BCUT2D eigenvalue weighted by molar-refractivity contribution is -0.136. The van der Waals surface area contributed by atoms with Crippen molar-refractivity contribution in [1.29, 1.82) is 0 Å². The molecule has 1 N–H and O–H groups in total. The van der Waals surface area contributed by atoms with Crippen LogP contribution in [0.25, 0.3) is 5.57 Å². The van der Waals surface area contributed by atoms with Crippen molar-refractivity contribution in [1.82, 2.24) is 0 Å². The largest absolute Gasteiger partial charge is 0.481 e. The van der Waals surface area contributed by atoms with E-state index in [4.69, 9.17) is 5.11 Å². The molecular weight excluding hydrogens is 255 g/mol. The Labute approximate surface area is 119 Å². The zero-order valence-electron chi connectivity index (χ0n) is 11.8. The van der Waals surface area contributed by atoms with Gasteiger partial charge in [0.25, 0.3) is 0 Å². The minimum atomic E-state index is -0.854. The Morgan fingerprint density at radius 3 is 2.80 bits per heavy atom. The van der Waals surface area contributed by atoms with Gasteiger partial charge in [0.15, 0.2) is 0 Å². The van der Waals surface area contributed by atoms with E-state index in [0.717, 1.165) is 36.8 Å². The van der Waals surface area contributed by atoms with Crippen LogP contribution in [0, 0.1) is 5.82 Å². The van der Waals surface area contributed by atoms with E-state index in [2.05, 4.69) is 6.92 Å². The van der Waals surface area contributed by atoms with E-state index in [1.165, 1.54) is 12.1 Å². The third-order valence-electron chi connectivity index (χ3n) is 2.97. The van der Waals surface area contributed by atoms with Crippen LogP contribution >= 0.6 is 0 Å². The number of aliphatic carboxylic acids is 1. The van der Waals surface area contributed by atoms with Crippen LogP contribution in [0.5, 0.6) is 0 Å². The van der Waals surface area contributed by atoms with Crippen molar-refractivity contribution in [2.45, 2.75) is 39.0 Å². The summed E-state index contributed by atoms with van der Waals surface area (Å²) < 4.78 is 13.3. The van der Waals surface area contributed by atoms with Crippen LogP contribution in [-0.2, 0) is 4.79 Å². The molecule has 0 saturated heterocycles. The molecule has 0 heterocycles. The Morgan fingerprint density at radius 1 is 1.35 bits per heavy atom. The van der Waals surface area contributed by atoms with E-state index in [1.54, 1.807) is 18.2 Å². The molecule has 2 nitrogen and oxygen atoms in total. The van der Waals surface area contributed by atoms with Gasteiger partial charge in [-0.15, -0.1) is 0 Å². The number of hydrogen-bond donors (Lipinski definition) is 1. The fourth-order valence-corrected chi connectivity index (χ4v) is 1.93. The number of hydrogen-bond acceptors (Lipinski definition) is 1. The molecule has 0 unspecified atom stereocenters. The Morgan fingerprint density at radius 2 is 2.15 bits per heavy atom. The molecule has 0 aliphatic rings. The van der Waals surface area contributed by atoms with Gasteiger partial charge in [0.1, 0.15) is 5.82 Å². The Kier molecular flexibility index (Phi) is 7.33. The molecular formula is C17H21FO2. The van der Waals surface area contributed by atoms with Crippen molar-refractivity contribution in [3.05, 3.63) is 53.9 Å². The van der Waals surface area contributed by atoms with Gasteiger partial charge in [-0.05, 0) is 36.1 Å². The van der Waals surface area contributed by atoms with E-state index in [0.29, 0.717) is 0 Å². The molecule has 0 radical (unpaired) electrons. The second-order valence-corrected chi connectivity index (χ2v) is 4.69. The van der Waals surface area contributed by atoms with Gasteiger partial charge < -0.3 is 5.11 Å². The fourth-order valence-electron chi connectivity index (χ4n) is 1.93. The maximum absolute atomic E-state index is 13.3. The van der Waals surface area contributed by atoms with Crippen LogP contribution in [0.2, 0.25) is 0 Å². The predicted molar refractivity (Wildman–Crippen MR) is 79.9 cm³/mol. The van der Waals surface area contributed by atoms with Gasteiger partial charge in [-0.1, -0.05) is 50.1 Å². The number of carboxylic acids is 1. The van der Waals surface area contributed by atoms with Gasteiger partial charge in [-0.3, -0.25) is 4.79 Å². The molecule has 0 aliphatic heterocycles. The van der Waals surface area contributed by atoms with Crippen LogP contribution in [0.3, 0.4) is 0 Å². The van der Waals surface area contributed by atoms with Crippen molar-refractivity contribution >= 4 is 11.5 Å². The first-order valence-corrected chi connectivity index (χ1v) is 6.97. The standard InChI is InChI=1S/C17H21FO2/c1-2-3-4-8-14(9-5-6-12-17(19)20)15-10-7-11-16(18)13-15/h5-7,9-11,13H,2-4,8,12H2,1H3,(H,19,20)/b6-5+,14-9+. The second kappa shape index (κ2) is 9.08. The second-order valence-electron chi connectivity index (χ2n) is 4.69. The van der Waals surface area contributed by atoms with Crippen LogP contribution in [0.1, 0.15) is 44.6 Å². The van der Waals surface area contributed by atoms with Gasteiger partial charge in [0.2, 0.25) is 0 Å². The monoisotopic (exact) mass is 276 g/mol. The number of carboxylic acid groups (broad SMARTS) is 1. The Balaban J connectivity index is 2.81. The summed E-state index contributed by atoms with van der Waals surface area (Å²) in [5, 5.41) is 8.58. The van der Waals surface area contributed by atoms with Crippen molar-refractivity contribution < 1.29 is 14.3 Å². The molecule has 0 bridgehead atoms.